The van der Waals surface area contributed by atoms with E-state index in [0.717, 1.165) is 19.4 Å². The average Bonchev–Trinajstić information content (AvgIpc) is 3.49. The van der Waals surface area contributed by atoms with E-state index >= 15 is 0 Å². The van der Waals surface area contributed by atoms with Gasteiger partial charge in [0, 0.05) is 76.3 Å². The Balaban J connectivity index is 1.39. The normalized spacial score (nSPS) is 44.4. The molecule has 0 radical (unpaired) electrons. The highest BCUT2D eigenvalue weighted by atomic mass is 16.6. The van der Waals surface area contributed by atoms with E-state index in [-0.39, 0.29) is 42.4 Å². The van der Waals surface area contributed by atoms with Gasteiger partial charge in [-0.25, -0.2) is 9.59 Å². The molecule has 3 N–H and O–H groups in total. The van der Waals surface area contributed by atoms with E-state index in [4.69, 9.17) is 34.2 Å². The molecule has 6 fully saturated rings. The smallest absolute Gasteiger partial charge is 0.340 e. The van der Waals surface area contributed by atoms with Crippen LogP contribution in [-0.2, 0) is 28.4 Å². The number of anilines is 1. The Hall–Kier alpha value is -3.06. The fourth-order valence-electron chi connectivity index (χ4n) is 12.5. The highest BCUT2D eigenvalue weighted by Crippen LogP contribution is 2.79. The van der Waals surface area contributed by atoms with Crippen molar-refractivity contribution in [2.24, 2.45) is 29.1 Å². The molecule has 5 aliphatic carbocycles. The maximum Gasteiger partial charge on any atom is 0.340 e. The number of piperidine rings is 1. The van der Waals surface area contributed by atoms with E-state index in [9.17, 15) is 14.7 Å². The van der Waals surface area contributed by atoms with Gasteiger partial charge in [-0.15, -0.1) is 0 Å². The summed E-state index contributed by atoms with van der Waals surface area (Å²) >= 11 is 0. The van der Waals surface area contributed by atoms with Crippen LogP contribution < -0.4 is 5.73 Å². The second-order valence-electron chi connectivity index (χ2n) is 15.1. The molecule has 13 atom stereocenters. The van der Waals surface area contributed by atoms with Crippen LogP contribution >= 0.6 is 0 Å². The summed E-state index contributed by atoms with van der Waals surface area (Å²) in [4.78, 5) is 30.9. The van der Waals surface area contributed by atoms with Crippen LogP contribution in [0.4, 0.5) is 5.69 Å². The highest BCUT2D eigenvalue weighted by Gasteiger charge is 2.90. The molecule has 0 amide bonds. The number of esters is 2. The molecule has 1 spiro atoms. The largest absolute Gasteiger partial charge is 0.455 e. The number of ether oxygens (including phenoxy) is 6. The molecule has 1 heterocycles. The lowest BCUT2D eigenvalue weighted by molar-refractivity contribution is -0.291. The third-order valence-corrected chi connectivity index (χ3v) is 13.9. The quantitative estimate of drug-likeness (QED) is 0.299. The number of rotatable bonds is 9. The lowest BCUT2D eigenvalue weighted by Gasteiger charge is -2.69. The number of para-hydroxylation sites is 1. The van der Waals surface area contributed by atoms with Crippen molar-refractivity contribution in [1.82, 2.24) is 4.90 Å². The van der Waals surface area contributed by atoms with E-state index in [1.165, 1.54) is 0 Å². The summed E-state index contributed by atoms with van der Waals surface area (Å²) in [6, 6.07) is 15.5. The molecule has 49 heavy (non-hydrogen) atoms. The number of nitrogens with two attached hydrogens (primary N) is 1. The molecule has 1 aliphatic heterocycles. The first-order valence-corrected chi connectivity index (χ1v) is 17.6. The molecular weight excluding hydrogens is 628 g/mol. The molecule has 8 rings (SSSR count). The fraction of sp³-hybridized carbons (Fsp3) is 0.632. The lowest BCUT2D eigenvalue weighted by Crippen LogP contribution is -2.78. The number of nitrogen functional groups attached to an aromatic ring is 1. The zero-order valence-corrected chi connectivity index (χ0v) is 28.9. The van der Waals surface area contributed by atoms with Crippen LogP contribution in [0.15, 0.2) is 54.6 Å². The zero-order chi connectivity index (χ0) is 34.5. The third-order valence-electron chi connectivity index (χ3n) is 13.9. The van der Waals surface area contributed by atoms with Gasteiger partial charge in [0.2, 0.25) is 0 Å². The Labute approximate surface area is 287 Å². The molecule has 11 heteroatoms. The van der Waals surface area contributed by atoms with Crippen molar-refractivity contribution in [3.05, 3.63) is 65.7 Å². The molecule has 2 aromatic carbocycles. The van der Waals surface area contributed by atoms with Gasteiger partial charge in [0.1, 0.15) is 17.3 Å². The summed E-state index contributed by atoms with van der Waals surface area (Å²) in [5, 5.41) is 12.9. The van der Waals surface area contributed by atoms with E-state index in [2.05, 4.69) is 11.8 Å². The summed E-state index contributed by atoms with van der Waals surface area (Å²) in [6.07, 6.45) is -0.487. The number of aliphatic hydroxyl groups is 1. The Morgan fingerprint density at radius 2 is 1.63 bits per heavy atom. The number of benzene rings is 2. The van der Waals surface area contributed by atoms with E-state index in [0.29, 0.717) is 17.8 Å². The highest BCUT2D eigenvalue weighted by molar-refractivity contribution is 5.95. The second kappa shape index (κ2) is 11.5. The standard InChI is InChI=1S/C38H48N2O9/c1-6-40-20-35(47-5)17-16-25(44-2)38-23-18-36(43)26(45-3)19-37(28(31(38)40)29(46-4)30(35)38,49-34(42)22-14-10-11-15-24(22)39)27(23)32(36)48-33(41)21-12-8-7-9-13-21/h7-15,23,25-32,43H,6,16-20,39H2,1-5H3/t23-,25?,26+,27-,28-,29+,30-,31?,32-,35-,36+,37-,38?/m1/s1. The number of methoxy groups -OCH3 is 4. The Bertz CT molecular complexity index is 1630. The monoisotopic (exact) mass is 676 g/mol. The number of hydrogen-bond acceptors (Lipinski definition) is 11. The predicted molar refractivity (Wildman–Crippen MR) is 178 cm³/mol. The van der Waals surface area contributed by atoms with Gasteiger partial charge in [0.15, 0.2) is 0 Å². The number of hydrogen-bond donors (Lipinski definition) is 2. The molecule has 2 aromatic rings. The molecule has 5 saturated carbocycles. The molecule has 7 bridgehead atoms. The molecule has 264 valence electrons. The van der Waals surface area contributed by atoms with Gasteiger partial charge >= 0.3 is 11.9 Å². The SMILES string of the molecule is CCN1C[C@]2(OC)CCC(OC)C34C1[C@@H]([C@H](OC)[C@@H]32)[C@@]1(OC(=O)c2ccccc2N)C[C@H](OC)[C@@]2(O)C[C@@H]4[C@@H]1[C@H]2OC(=O)c1ccccc1. The van der Waals surface area contributed by atoms with Gasteiger partial charge in [0.05, 0.1) is 35.0 Å². The molecule has 11 nitrogen and oxygen atoms in total. The van der Waals surface area contributed by atoms with Crippen molar-refractivity contribution in [2.75, 3.05) is 47.3 Å². The van der Waals surface area contributed by atoms with Gasteiger partial charge in [0.25, 0.3) is 0 Å². The number of likely N-dealkylation sites (tertiary alicyclic amines) is 1. The summed E-state index contributed by atoms with van der Waals surface area (Å²) in [5.74, 6) is -2.58. The molecule has 1 saturated heterocycles. The second-order valence-corrected chi connectivity index (χ2v) is 15.1. The Morgan fingerprint density at radius 1 is 0.918 bits per heavy atom. The zero-order valence-electron chi connectivity index (χ0n) is 28.9. The maximum atomic E-state index is 14.5. The first-order valence-electron chi connectivity index (χ1n) is 17.6. The van der Waals surface area contributed by atoms with E-state index in [1.807, 2.05) is 6.07 Å². The predicted octanol–water partition coefficient (Wildman–Crippen LogP) is 3.34. The summed E-state index contributed by atoms with van der Waals surface area (Å²) in [5.41, 5.74) is 3.29. The van der Waals surface area contributed by atoms with Crippen LogP contribution in [0, 0.1) is 29.1 Å². The summed E-state index contributed by atoms with van der Waals surface area (Å²) in [6.45, 7) is 3.57. The average molecular weight is 677 g/mol. The minimum absolute atomic E-state index is 0.145. The molecule has 0 aromatic heterocycles. The lowest BCUT2D eigenvalue weighted by atomic mass is 9.45. The van der Waals surface area contributed by atoms with Crippen molar-refractivity contribution >= 4 is 17.6 Å². The topological polar surface area (TPSA) is 139 Å². The van der Waals surface area contributed by atoms with Crippen molar-refractivity contribution in [1.29, 1.82) is 0 Å². The maximum absolute atomic E-state index is 14.5. The minimum Gasteiger partial charge on any atom is -0.455 e. The van der Waals surface area contributed by atoms with Gasteiger partial charge < -0.3 is 39.3 Å². The van der Waals surface area contributed by atoms with E-state index < -0.39 is 64.3 Å². The third kappa shape index (κ3) is 4.06. The number of carbonyl (C=O) groups excluding carboxylic acids is 2. The van der Waals surface area contributed by atoms with Crippen molar-refractivity contribution in [3.63, 3.8) is 0 Å². The summed E-state index contributed by atoms with van der Waals surface area (Å²) in [7, 11) is 6.84. The molecule has 3 unspecified atom stereocenters. The van der Waals surface area contributed by atoms with Crippen LogP contribution in [0.5, 0.6) is 0 Å². The minimum atomic E-state index is -1.56. The first-order chi connectivity index (χ1) is 23.6. The van der Waals surface area contributed by atoms with Gasteiger partial charge in [-0.05, 0) is 56.0 Å². The number of likely N-dealkylation sites (N-methyl/N-ethyl adjacent to an activating group) is 1. The van der Waals surface area contributed by atoms with Crippen molar-refractivity contribution < 1.29 is 43.1 Å². The van der Waals surface area contributed by atoms with Crippen molar-refractivity contribution in [2.45, 2.75) is 79.9 Å². The van der Waals surface area contributed by atoms with Crippen LogP contribution in [0.25, 0.3) is 0 Å². The Morgan fingerprint density at radius 3 is 2.29 bits per heavy atom. The summed E-state index contributed by atoms with van der Waals surface area (Å²) < 4.78 is 39.4. The van der Waals surface area contributed by atoms with Crippen LogP contribution in [0.2, 0.25) is 0 Å². The van der Waals surface area contributed by atoms with Crippen molar-refractivity contribution in [3.8, 4) is 0 Å². The van der Waals surface area contributed by atoms with Gasteiger partial charge in [-0.1, -0.05) is 37.3 Å². The van der Waals surface area contributed by atoms with E-state index in [1.54, 1.807) is 77.0 Å². The fourth-order valence-corrected chi connectivity index (χ4v) is 12.5. The number of carbonyl (C=O) groups is 2. The Kier molecular flexibility index (Phi) is 7.76. The van der Waals surface area contributed by atoms with Gasteiger partial charge in [-0.3, -0.25) is 4.90 Å². The molecular formula is C38H48N2O9. The van der Waals surface area contributed by atoms with Crippen LogP contribution in [-0.4, -0.2) is 111 Å². The van der Waals surface area contributed by atoms with Crippen LogP contribution in [0.3, 0.4) is 0 Å². The molecule has 6 aliphatic rings. The number of nitrogens with zero attached hydrogens (tertiary/aromatic N) is 1. The van der Waals surface area contributed by atoms with Crippen LogP contribution in [0.1, 0.15) is 53.3 Å². The first kappa shape index (κ1) is 33.1. The number of fused-ring (bicyclic) bond motifs is 2. The van der Waals surface area contributed by atoms with Gasteiger partial charge in [-0.2, -0.15) is 0 Å².